The average Bonchev–Trinajstić information content (AvgIpc) is 3.12. The Balaban J connectivity index is 1.48. The summed E-state index contributed by atoms with van der Waals surface area (Å²) in [5.74, 6) is 0.0956. The molecule has 0 radical (unpaired) electrons. The van der Waals surface area contributed by atoms with E-state index >= 15 is 0 Å². The Morgan fingerprint density at radius 2 is 1.68 bits per heavy atom. The second-order valence-corrected chi connectivity index (χ2v) is 7.07. The van der Waals surface area contributed by atoms with E-state index in [1.165, 1.54) is 4.52 Å². The molecule has 2 aromatic carbocycles. The Hall–Kier alpha value is -4.27. The molecule has 0 saturated carbocycles. The summed E-state index contributed by atoms with van der Waals surface area (Å²) in [5, 5.41) is 9.81. The van der Waals surface area contributed by atoms with Crippen LogP contribution in [0.5, 0.6) is 0 Å². The Kier molecular flexibility index (Phi) is 5.31. The lowest BCUT2D eigenvalue weighted by molar-refractivity contribution is -0.115. The third-order valence-electron chi connectivity index (χ3n) is 4.84. The maximum Gasteiger partial charge on any atom is 0.255 e. The summed E-state index contributed by atoms with van der Waals surface area (Å²) >= 11 is 0. The molecule has 0 aliphatic rings. The predicted octanol–water partition coefficient (Wildman–Crippen LogP) is 2.76. The number of hydrogen-bond acceptors (Lipinski definition) is 6. The maximum atomic E-state index is 12.7. The van der Waals surface area contributed by atoms with Gasteiger partial charge >= 0.3 is 0 Å². The van der Waals surface area contributed by atoms with E-state index in [0.29, 0.717) is 28.4 Å². The van der Waals surface area contributed by atoms with E-state index in [9.17, 15) is 9.59 Å². The zero-order valence-electron chi connectivity index (χ0n) is 17.1. The molecule has 2 heterocycles. The highest BCUT2D eigenvalue weighted by Gasteiger charge is 2.16. The van der Waals surface area contributed by atoms with Gasteiger partial charge in [-0.15, -0.1) is 5.10 Å². The van der Waals surface area contributed by atoms with E-state index in [1.807, 2.05) is 19.9 Å². The van der Waals surface area contributed by atoms with Gasteiger partial charge in [-0.2, -0.15) is 9.50 Å². The van der Waals surface area contributed by atoms with E-state index in [1.54, 1.807) is 48.5 Å². The van der Waals surface area contributed by atoms with E-state index in [4.69, 9.17) is 5.73 Å². The number of amides is 2. The summed E-state index contributed by atoms with van der Waals surface area (Å²) in [6, 6.07) is 15.9. The predicted molar refractivity (Wildman–Crippen MR) is 118 cm³/mol. The summed E-state index contributed by atoms with van der Waals surface area (Å²) in [4.78, 5) is 33.5. The molecule has 4 aromatic rings. The third kappa shape index (κ3) is 4.35. The molecule has 31 heavy (non-hydrogen) atoms. The smallest absolute Gasteiger partial charge is 0.255 e. The second kappa shape index (κ2) is 8.23. The van der Waals surface area contributed by atoms with Crippen LogP contribution in [0.2, 0.25) is 0 Å². The topological polar surface area (TPSA) is 127 Å². The number of anilines is 3. The van der Waals surface area contributed by atoms with Crippen LogP contribution < -0.4 is 16.4 Å². The van der Waals surface area contributed by atoms with Crippen molar-refractivity contribution in [2.75, 3.05) is 16.4 Å². The minimum Gasteiger partial charge on any atom is -0.366 e. The molecule has 2 amide bonds. The van der Waals surface area contributed by atoms with Crippen LogP contribution in [0.1, 0.15) is 27.3 Å². The van der Waals surface area contributed by atoms with Crippen molar-refractivity contribution in [3.05, 3.63) is 77.1 Å². The molecular formula is C22H21N7O2. The number of aryl methyl sites for hydroxylation is 2. The van der Waals surface area contributed by atoms with Crippen molar-refractivity contribution < 1.29 is 9.59 Å². The first-order valence-electron chi connectivity index (χ1n) is 9.65. The van der Waals surface area contributed by atoms with Gasteiger partial charge in [-0.25, -0.2) is 4.98 Å². The van der Waals surface area contributed by atoms with Gasteiger partial charge in [-0.05, 0) is 44.2 Å². The molecule has 0 bridgehead atoms. The highest BCUT2D eigenvalue weighted by atomic mass is 16.2. The van der Waals surface area contributed by atoms with Crippen LogP contribution in [0.15, 0.2) is 54.6 Å². The van der Waals surface area contributed by atoms with Crippen molar-refractivity contribution in [2.45, 2.75) is 20.3 Å². The molecule has 0 aliphatic carbocycles. The van der Waals surface area contributed by atoms with Crippen LogP contribution in [-0.4, -0.2) is 31.4 Å². The fourth-order valence-electron chi connectivity index (χ4n) is 3.31. The molecule has 0 spiro atoms. The lowest BCUT2D eigenvalue weighted by atomic mass is 10.1. The van der Waals surface area contributed by atoms with Gasteiger partial charge in [0.2, 0.25) is 11.9 Å². The number of aromatic nitrogens is 4. The molecule has 0 atom stereocenters. The summed E-state index contributed by atoms with van der Waals surface area (Å²) in [6.45, 7) is 3.67. The lowest BCUT2D eigenvalue weighted by Gasteiger charge is -2.12. The van der Waals surface area contributed by atoms with Gasteiger partial charge in [-0.3, -0.25) is 9.59 Å². The summed E-state index contributed by atoms with van der Waals surface area (Å²) in [7, 11) is 0. The summed E-state index contributed by atoms with van der Waals surface area (Å²) in [5.41, 5.74) is 9.57. The Morgan fingerprint density at radius 3 is 2.42 bits per heavy atom. The first-order chi connectivity index (χ1) is 14.9. The molecule has 2 aromatic heterocycles. The molecule has 4 rings (SSSR count). The van der Waals surface area contributed by atoms with Crippen LogP contribution in [0, 0.1) is 13.8 Å². The number of fused-ring (bicyclic) bond motifs is 1. The largest absolute Gasteiger partial charge is 0.366 e. The number of nitrogens with two attached hydrogens (primary N) is 1. The first-order valence-corrected chi connectivity index (χ1v) is 9.65. The molecule has 0 fully saturated rings. The number of nitrogens with zero attached hydrogens (tertiary/aromatic N) is 4. The van der Waals surface area contributed by atoms with Crippen LogP contribution >= 0.6 is 0 Å². The number of benzene rings is 2. The Morgan fingerprint density at radius 1 is 0.968 bits per heavy atom. The first kappa shape index (κ1) is 20.0. The van der Waals surface area contributed by atoms with Crippen molar-refractivity contribution in [1.82, 2.24) is 19.6 Å². The van der Waals surface area contributed by atoms with Gasteiger partial charge in [0, 0.05) is 33.9 Å². The third-order valence-corrected chi connectivity index (χ3v) is 4.84. The van der Waals surface area contributed by atoms with Gasteiger partial charge in [0.15, 0.2) is 0 Å². The van der Waals surface area contributed by atoms with Gasteiger partial charge in [0.1, 0.15) is 0 Å². The lowest BCUT2D eigenvalue weighted by Crippen LogP contribution is -2.18. The van der Waals surface area contributed by atoms with Crippen LogP contribution in [0.3, 0.4) is 0 Å². The minimum absolute atomic E-state index is 0.112. The molecule has 0 aliphatic heterocycles. The number of rotatable bonds is 5. The minimum atomic E-state index is -0.221. The normalized spacial score (nSPS) is 10.8. The van der Waals surface area contributed by atoms with E-state index < -0.39 is 0 Å². The summed E-state index contributed by atoms with van der Waals surface area (Å²) < 4.78 is 1.53. The number of nitrogen functional groups attached to an aromatic ring is 1. The van der Waals surface area contributed by atoms with Crippen molar-refractivity contribution in [3.63, 3.8) is 0 Å². The Bertz CT molecular complexity index is 1280. The zero-order valence-corrected chi connectivity index (χ0v) is 17.1. The molecule has 9 nitrogen and oxygen atoms in total. The van der Waals surface area contributed by atoms with Gasteiger partial charge < -0.3 is 16.4 Å². The van der Waals surface area contributed by atoms with Crippen LogP contribution in [0.4, 0.5) is 17.3 Å². The zero-order chi connectivity index (χ0) is 22.0. The number of carbonyl (C=O) groups is 2. The average molecular weight is 415 g/mol. The maximum absolute atomic E-state index is 12.7. The van der Waals surface area contributed by atoms with Crippen molar-refractivity contribution in [2.24, 2.45) is 0 Å². The fourth-order valence-corrected chi connectivity index (χ4v) is 3.31. The van der Waals surface area contributed by atoms with Gasteiger partial charge in [0.05, 0.1) is 6.42 Å². The molecule has 0 unspecified atom stereocenters. The number of hydrogen-bond donors (Lipinski definition) is 3. The fraction of sp³-hybridized carbons (Fsp3) is 0.136. The van der Waals surface area contributed by atoms with Gasteiger partial charge in [0.25, 0.3) is 11.7 Å². The number of nitrogens with one attached hydrogen (secondary N) is 2. The molecule has 0 saturated heterocycles. The van der Waals surface area contributed by atoms with Crippen molar-refractivity contribution >= 4 is 34.9 Å². The van der Waals surface area contributed by atoms with E-state index in [-0.39, 0.29) is 24.2 Å². The number of carbonyl (C=O) groups excluding carboxylic acids is 2. The van der Waals surface area contributed by atoms with Crippen LogP contribution in [0.25, 0.3) is 5.78 Å². The monoisotopic (exact) mass is 415 g/mol. The Labute approximate surface area is 178 Å². The molecule has 9 heteroatoms. The van der Waals surface area contributed by atoms with Crippen molar-refractivity contribution in [3.8, 4) is 0 Å². The molecule has 4 N–H and O–H groups in total. The van der Waals surface area contributed by atoms with Crippen molar-refractivity contribution in [1.29, 1.82) is 0 Å². The second-order valence-electron chi connectivity index (χ2n) is 7.07. The van der Waals surface area contributed by atoms with E-state index in [0.717, 1.165) is 11.3 Å². The van der Waals surface area contributed by atoms with Gasteiger partial charge in [-0.1, -0.05) is 24.3 Å². The quantitative estimate of drug-likeness (QED) is 0.460. The highest BCUT2D eigenvalue weighted by Crippen LogP contribution is 2.18. The van der Waals surface area contributed by atoms with Crippen LogP contribution in [-0.2, 0) is 11.2 Å². The SMILES string of the molecule is Cc1nc2nc(N)nn2c(C)c1CC(=O)Nc1cccc(NC(=O)c2ccccc2)c1. The standard InChI is InChI=1S/C22H21N7O2/c1-13-18(14(2)29-22(24-13)27-21(23)28-29)12-19(30)25-16-9-6-10-17(11-16)26-20(31)15-7-4-3-5-8-15/h3-11H,12H2,1-2H3,(H2,23,28)(H,25,30)(H,26,31). The highest BCUT2D eigenvalue weighted by molar-refractivity contribution is 6.04. The van der Waals surface area contributed by atoms with E-state index in [2.05, 4.69) is 25.7 Å². The molecule has 156 valence electrons. The summed E-state index contributed by atoms with van der Waals surface area (Å²) in [6.07, 6.45) is 0.112. The molecular weight excluding hydrogens is 394 g/mol.